The van der Waals surface area contributed by atoms with Gasteiger partial charge in [0, 0.05) is 12.1 Å². The molecule has 0 atom stereocenters. The van der Waals surface area contributed by atoms with Crippen LogP contribution in [0, 0.1) is 13.8 Å². The van der Waals surface area contributed by atoms with Crippen molar-refractivity contribution in [1.29, 1.82) is 0 Å². The summed E-state index contributed by atoms with van der Waals surface area (Å²) < 4.78 is 6.16. The standard InChI is InChI=1S/C22H23NO/c1-16-8-9-17(2)21(12-16)20-11-10-19(14-23)13-22(20)24-15-18-6-4-3-5-7-18/h3-13H,14-15,23H2,1-2H3. The minimum atomic E-state index is 0.509. The molecule has 0 fully saturated rings. The van der Waals surface area contributed by atoms with Crippen LogP contribution in [0.15, 0.2) is 66.7 Å². The van der Waals surface area contributed by atoms with E-state index in [2.05, 4.69) is 62.4 Å². The summed E-state index contributed by atoms with van der Waals surface area (Å²) in [6.07, 6.45) is 0. The number of hydrogen-bond donors (Lipinski definition) is 1. The van der Waals surface area contributed by atoms with Gasteiger partial charge in [0.1, 0.15) is 12.4 Å². The number of benzene rings is 3. The fourth-order valence-electron chi connectivity index (χ4n) is 2.80. The zero-order valence-electron chi connectivity index (χ0n) is 14.3. The Balaban J connectivity index is 1.98. The molecule has 0 unspecified atom stereocenters. The normalized spacial score (nSPS) is 10.6. The molecule has 122 valence electrons. The van der Waals surface area contributed by atoms with Gasteiger partial charge in [0.15, 0.2) is 0 Å². The lowest BCUT2D eigenvalue weighted by Crippen LogP contribution is -2.01. The van der Waals surface area contributed by atoms with Gasteiger partial charge in [-0.15, -0.1) is 0 Å². The summed E-state index contributed by atoms with van der Waals surface area (Å²) in [7, 11) is 0. The van der Waals surface area contributed by atoms with Crippen molar-refractivity contribution in [2.75, 3.05) is 0 Å². The average molecular weight is 317 g/mol. The summed E-state index contributed by atoms with van der Waals surface area (Å²) in [4.78, 5) is 0. The molecule has 0 heterocycles. The van der Waals surface area contributed by atoms with Crippen molar-refractivity contribution in [3.05, 3.63) is 89.0 Å². The van der Waals surface area contributed by atoms with Crippen molar-refractivity contribution in [2.45, 2.75) is 27.0 Å². The monoisotopic (exact) mass is 317 g/mol. The molecule has 3 aromatic carbocycles. The highest BCUT2D eigenvalue weighted by Gasteiger charge is 2.10. The molecule has 2 heteroatoms. The molecule has 2 N–H and O–H groups in total. The molecule has 3 aromatic rings. The van der Waals surface area contributed by atoms with Gasteiger partial charge in [-0.2, -0.15) is 0 Å². The predicted octanol–water partition coefficient (Wildman–Crippen LogP) is 5.01. The molecule has 0 aromatic heterocycles. The van der Waals surface area contributed by atoms with Gasteiger partial charge >= 0.3 is 0 Å². The molecular weight excluding hydrogens is 294 g/mol. The molecule has 0 saturated carbocycles. The molecule has 0 aliphatic rings. The van der Waals surface area contributed by atoms with Crippen LogP contribution in [-0.4, -0.2) is 0 Å². The maximum Gasteiger partial charge on any atom is 0.127 e. The number of ether oxygens (including phenoxy) is 1. The van der Waals surface area contributed by atoms with Gasteiger partial charge < -0.3 is 10.5 Å². The van der Waals surface area contributed by atoms with Crippen LogP contribution in [0.5, 0.6) is 5.75 Å². The maximum absolute atomic E-state index is 6.16. The average Bonchev–Trinajstić information content (AvgIpc) is 2.62. The van der Waals surface area contributed by atoms with E-state index in [1.165, 1.54) is 16.7 Å². The van der Waals surface area contributed by atoms with Crippen LogP contribution in [0.2, 0.25) is 0 Å². The Morgan fingerprint density at radius 1 is 0.792 bits per heavy atom. The van der Waals surface area contributed by atoms with Crippen molar-refractivity contribution in [2.24, 2.45) is 5.73 Å². The highest BCUT2D eigenvalue weighted by molar-refractivity contribution is 5.74. The summed E-state index contributed by atoms with van der Waals surface area (Å²) in [6.45, 7) is 5.30. The van der Waals surface area contributed by atoms with E-state index in [9.17, 15) is 0 Å². The molecule has 0 radical (unpaired) electrons. The second-order valence-corrected chi connectivity index (χ2v) is 6.13. The summed E-state index contributed by atoms with van der Waals surface area (Å²) >= 11 is 0. The molecule has 3 rings (SSSR count). The summed E-state index contributed by atoms with van der Waals surface area (Å²) in [5.41, 5.74) is 12.9. The third-order valence-electron chi connectivity index (χ3n) is 4.20. The lowest BCUT2D eigenvalue weighted by atomic mass is 9.96. The van der Waals surface area contributed by atoms with Gasteiger partial charge in [-0.3, -0.25) is 0 Å². The van der Waals surface area contributed by atoms with Gasteiger partial charge in [-0.25, -0.2) is 0 Å². The van der Waals surface area contributed by atoms with E-state index in [1.807, 2.05) is 18.2 Å². The van der Waals surface area contributed by atoms with Crippen LogP contribution < -0.4 is 10.5 Å². The highest BCUT2D eigenvalue weighted by atomic mass is 16.5. The lowest BCUT2D eigenvalue weighted by molar-refractivity contribution is 0.307. The van der Waals surface area contributed by atoms with Crippen LogP contribution in [-0.2, 0) is 13.2 Å². The van der Waals surface area contributed by atoms with E-state index in [0.717, 1.165) is 22.4 Å². The molecule has 0 bridgehead atoms. The third kappa shape index (κ3) is 3.66. The maximum atomic E-state index is 6.16. The lowest BCUT2D eigenvalue weighted by Gasteiger charge is -2.15. The molecule has 24 heavy (non-hydrogen) atoms. The van der Waals surface area contributed by atoms with Gasteiger partial charge in [0.05, 0.1) is 0 Å². The minimum absolute atomic E-state index is 0.509. The van der Waals surface area contributed by atoms with Gasteiger partial charge in [0.25, 0.3) is 0 Å². The van der Waals surface area contributed by atoms with E-state index in [0.29, 0.717) is 13.2 Å². The Morgan fingerprint density at radius 3 is 2.33 bits per heavy atom. The van der Waals surface area contributed by atoms with Gasteiger partial charge in [0.2, 0.25) is 0 Å². The van der Waals surface area contributed by atoms with Crippen LogP contribution in [0.1, 0.15) is 22.3 Å². The SMILES string of the molecule is Cc1ccc(C)c(-c2ccc(CN)cc2OCc2ccccc2)c1. The molecule has 2 nitrogen and oxygen atoms in total. The first kappa shape index (κ1) is 16.3. The second-order valence-electron chi connectivity index (χ2n) is 6.13. The second kappa shape index (κ2) is 7.33. The fraction of sp³-hybridized carbons (Fsp3) is 0.182. The van der Waals surface area contributed by atoms with Crippen molar-refractivity contribution in [3.8, 4) is 16.9 Å². The van der Waals surface area contributed by atoms with Crippen molar-refractivity contribution >= 4 is 0 Å². The molecule has 0 aliphatic carbocycles. The third-order valence-corrected chi connectivity index (χ3v) is 4.20. The largest absolute Gasteiger partial charge is 0.488 e. The zero-order chi connectivity index (χ0) is 16.9. The van der Waals surface area contributed by atoms with Gasteiger partial charge in [-0.1, -0.05) is 66.2 Å². The number of hydrogen-bond acceptors (Lipinski definition) is 2. The van der Waals surface area contributed by atoms with E-state index in [4.69, 9.17) is 10.5 Å². The quantitative estimate of drug-likeness (QED) is 0.718. The smallest absolute Gasteiger partial charge is 0.127 e. The molecular formula is C22H23NO. The first-order chi connectivity index (χ1) is 11.7. The number of nitrogens with two attached hydrogens (primary N) is 1. The van der Waals surface area contributed by atoms with Crippen LogP contribution in [0.25, 0.3) is 11.1 Å². The highest BCUT2D eigenvalue weighted by Crippen LogP contribution is 2.34. The number of rotatable bonds is 5. The Morgan fingerprint density at radius 2 is 1.58 bits per heavy atom. The molecule has 0 saturated heterocycles. The first-order valence-electron chi connectivity index (χ1n) is 8.24. The predicted molar refractivity (Wildman–Crippen MR) is 100 cm³/mol. The number of aryl methyl sites for hydroxylation is 2. The fourth-order valence-corrected chi connectivity index (χ4v) is 2.80. The first-order valence-corrected chi connectivity index (χ1v) is 8.24. The zero-order valence-corrected chi connectivity index (χ0v) is 14.3. The van der Waals surface area contributed by atoms with Crippen LogP contribution >= 0.6 is 0 Å². The Hall–Kier alpha value is -2.58. The Kier molecular flexibility index (Phi) is 4.97. The summed E-state index contributed by atoms with van der Waals surface area (Å²) in [5.74, 6) is 0.885. The van der Waals surface area contributed by atoms with E-state index < -0.39 is 0 Å². The van der Waals surface area contributed by atoms with E-state index in [1.54, 1.807) is 0 Å². The minimum Gasteiger partial charge on any atom is -0.488 e. The summed E-state index contributed by atoms with van der Waals surface area (Å²) in [6, 6.07) is 23.0. The van der Waals surface area contributed by atoms with Gasteiger partial charge in [-0.05, 0) is 42.2 Å². The van der Waals surface area contributed by atoms with Crippen molar-refractivity contribution < 1.29 is 4.74 Å². The van der Waals surface area contributed by atoms with Crippen LogP contribution in [0.4, 0.5) is 0 Å². The molecule has 0 amide bonds. The Labute approximate surface area is 143 Å². The van der Waals surface area contributed by atoms with Crippen molar-refractivity contribution in [3.63, 3.8) is 0 Å². The Bertz CT molecular complexity index is 825. The van der Waals surface area contributed by atoms with E-state index >= 15 is 0 Å². The van der Waals surface area contributed by atoms with Crippen molar-refractivity contribution in [1.82, 2.24) is 0 Å². The topological polar surface area (TPSA) is 35.2 Å². The van der Waals surface area contributed by atoms with E-state index in [-0.39, 0.29) is 0 Å². The van der Waals surface area contributed by atoms with Crippen LogP contribution in [0.3, 0.4) is 0 Å². The summed E-state index contributed by atoms with van der Waals surface area (Å²) in [5, 5.41) is 0. The molecule has 0 spiro atoms. The molecule has 0 aliphatic heterocycles.